The number of rotatable bonds is 3. The van der Waals surface area contributed by atoms with Gasteiger partial charge in [0.05, 0.1) is 0 Å². The molecule has 17 heavy (non-hydrogen) atoms. The molecule has 1 saturated heterocycles. The van der Waals surface area contributed by atoms with Crippen LogP contribution in [0.1, 0.15) is 19.5 Å². The van der Waals surface area contributed by atoms with Crippen LogP contribution in [0.4, 0.5) is 5.00 Å². The molecule has 1 fully saturated rings. The highest BCUT2D eigenvalue weighted by Gasteiger charge is 2.31. The molecule has 0 unspecified atom stereocenters. The van der Waals surface area contributed by atoms with Gasteiger partial charge in [-0.3, -0.25) is 9.80 Å². The third-order valence-electron chi connectivity index (χ3n) is 3.55. The van der Waals surface area contributed by atoms with Gasteiger partial charge in [-0.2, -0.15) is 0 Å². The number of aromatic nitrogens is 2. The molecule has 0 spiro atoms. The monoisotopic (exact) mass is 255 g/mol. The smallest absolute Gasteiger partial charge is 0.134 e. The summed E-state index contributed by atoms with van der Waals surface area (Å²) < 4.78 is 4.00. The maximum Gasteiger partial charge on any atom is 0.134 e. The van der Waals surface area contributed by atoms with E-state index >= 15 is 0 Å². The molecule has 0 radical (unpaired) electrons. The molecule has 0 saturated carbocycles. The van der Waals surface area contributed by atoms with E-state index in [0.717, 1.165) is 36.9 Å². The van der Waals surface area contributed by atoms with E-state index in [1.807, 2.05) is 7.05 Å². The molecular weight excluding hydrogens is 234 g/mol. The predicted octanol–water partition coefficient (Wildman–Crippen LogP) is 1.11. The molecule has 0 amide bonds. The molecule has 0 atom stereocenters. The molecule has 1 aromatic heterocycles. The predicted molar refractivity (Wildman–Crippen MR) is 71.4 cm³/mol. The fourth-order valence-corrected chi connectivity index (χ4v) is 2.71. The highest BCUT2D eigenvalue weighted by Crippen LogP contribution is 2.23. The van der Waals surface area contributed by atoms with Crippen LogP contribution in [-0.4, -0.2) is 58.7 Å². The quantitative estimate of drug-likeness (QED) is 0.876. The Morgan fingerprint density at radius 1 is 1.41 bits per heavy atom. The van der Waals surface area contributed by atoms with Crippen LogP contribution in [0.25, 0.3) is 0 Å². The van der Waals surface area contributed by atoms with E-state index in [4.69, 9.17) is 0 Å². The van der Waals surface area contributed by atoms with Crippen LogP contribution in [-0.2, 0) is 6.54 Å². The molecule has 0 aromatic carbocycles. The number of likely N-dealkylation sites (N-methyl/N-ethyl adjacent to an activating group) is 1. The van der Waals surface area contributed by atoms with Gasteiger partial charge in [0.1, 0.15) is 10.7 Å². The Labute approximate surface area is 107 Å². The SMILES string of the molecule is CNc1snnc1CN1CCN(C)C(C)(C)C1. The number of nitrogens with zero attached hydrogens (tertiary/aromatic N) is 4. The molecule has 2 heterocycles. The lowest BCUT2D eigenvalue weighted by Gasteiger charge is -2.45. The van der Waals surface area contributed by atoms with E-state index < -0.39 is 0 Å². The maximum atomic E-state index is 4.20. The zero-order valence-corrected chi connectivity index (χ0v) is 11.8. The van der Waals surface area contributed by atoms with E-state index in [2.05, 4.69) is 45.6 Å². The number of hydrogen-bond acceptors (Lipinski definition) is 6. The Hall–Kier alpha value is -0.720. The Balaban J connectivity index is 2.01. The van der Waals surface area contributed by atoms with E-state index in [-0.39, 0.29) is 5.54 Å². The standard InChI is InChI=1S/C11H21N5S/c1-11(2)8-16(6-5-15(11)4)7-9-10(12-3)17-14-13-9/h12H,5-8H2,1-4H3. The summed E-state index contributed by atoms with van der Waals surface area (Å²) >= 11 is 1.43. The van der Waals surface area contributed by atoms with Crippen molar-refractivity contribution in [1.29, 1.82) is 0 Å². The van der Waals surface area contributed by atoms with Gasteiger partial charge in [0.2, 0.25) is 0 Å². The zero-order chi connectivity index (χ0) is 12.5. The molecule has 0 aliphatic carbocycles. The summed E-state index contributed by atoms with van der Waals surface area (Å²) in [6.07, 6.45) is 0. The first-order chi connectivity index (χ1) is 8.03. The van der Waals surface area contributed by atoms with Gasteiger partial charge in [0.25, 0.3) is 0 Å². The third kappa shape index (κ3) is 2.75. The molecule has 1 aliphatic heterocycles. The average Bonchev–Trinajstić information content (AvgIpc) is 2.70. The number of anilines is 1. The van der Waals surface area contributed by atoms with Gasteiger partial charge in [0, 0.05) is 50.3 Å². The Morgan fingerprint density at radius 3 is 2.82 bits per heavy atom. The van der Waals surface area contributed by atoms with E-state index in [1.165, 1.54) is 11.5 Å². The minimum absolute atomic E-state index is 0.238. The lowest BCUT2D eigenvalue weighted by Crippen LogP contribution is -2.57. The Morgan fingerprint density at radius 2 is 2.18 bits per heavy atom. The topological polar surface area (TPSA) is 44.3 Å². The Kier molecular flexibility index (Phi) is 3.65. The van der Waals surface area contributed by atoms with Crippen LogP contribution >= 0.6 is 11.5 Å². The molecule has 0 bridgehead atoms. The molecular formula is C11H21N5S. The van der Waals surface area contributed by atoms with Crippen LogP contribution in [0.2, 0.25) is 0 Å². The zero-order valence-electron chi connectivity index (χ0n) is 11.0. The van der Waals surface area contributed by atoms with Gasteiger partial charge in [-0.15, -0.1) is 5.10 Å². The van der Waals surface area contributed by atoms with E-state index in [9.17, 15) is 0 Å². The van der Waals surface area contributed by atoms with E-state index in [0.29, 0.717) is 0 Å². The molecule has 2 rings (SSSR count). The van der Waals surface area contributed by atoms with Gasteiger partial charge in [-0.25, -0.2) is 0 Å². The number of hydrogen-bond donors (Lipinski definition) is 1. The normalized spacial score (nSPS) is 21.6. The fourth-order valence-electron chi connectivity index (χ4n) is 2.19. The second-order valence-electron chi connectivity index (χ2n) is 5.24. The summed E-state index contributed by atoms with van der Waals surface area (Å²) in [4.78, 5) is 4.87. The lowest BCUT2D eigenvalue weighted by atomic mass is 10.00. The second kappa shape index (κ2) is 4.88. The van der Waals surface area contributed by atoms with Crippen LogP contribution in [0.5, 0.6) is 0 Å². The first-order valence-electron chi connectivity index (χ1n) is 5.95. The summed E-state index contributed by atoms with van der Waals surface area (Å²) in [6, 6.07) is 0. The molecule has 96 valence electrons. The van der Waals surface area contributed by atoms with Crippen LogP contribution in [0, 0.1) is 0 Å². The van der Waals surface area contributed by atoms with Crippen molar-refractivity contribution < 1.29 is 0 Å². The van der Waals surface area contributed by atoms with Gasteiger partial charge < -0.3 is 5.32 Å². The lowest BCUT2D eigenvalue weighted by molar-refractivity contribution is 0.0355. The van der Waals surface area contributed by atoms with Crippen LogP contribution < -0.4 is 5.32 Å². The maximum absolute atomic E-state index is 4.20. The summed E-state index contributed by atoms with van der Waals surface area (Å²) in [6.45, 7) is 8.75. The number of nitrogens with one attached hydrogen (secondary N) is 1. The van der Waals surface area contributed by atoms with Crippen molar-refractivity contribution in [3.05, 3.63) is 5.69 Å². The number of piperazine rings is 1. The minimum atomic E-state index is 0.238. The second-order valence-corrected chi connectivity index (χ2v) is 6.00. The van der Waals surface area contributed by atoms with E-state index in [1.54, 1.807) is 0 Å². The molecule has 5 nitrogen and oxygen atoms in total. The van der Waals surface area contributed by atoms with Crippen LogP contribution in [0.3, 0.4) is 0 Å². The van der Waals surface area contributed by atoms with Gasteiger partial charge in [-0.05, 0) is 20.9 Å². The first-order valence-corrected chi connectivity index (χ1v) is 6.73. The van der Waals surface area contributed by atoms with Crippen molar-refractivity contribution in [3.8, 4) is 0 Å². The molecule has 1 N–H and O–H groups in total. The summed E-state index contributed by atoms with van der Waals surface area (Å²) in [5.41, 5.74) is 1.31. The fraction of sp³-hybridized carbons (Fsp3) is 0.818. The van der Waals surface area contributed by atoms with Gasteiger partial charge >= 0.3 is 0 Å². The largest absolute Gasteiger partial charge is 0.377 e. The van der Waals surface area contributed by atoms with Crippen molar-refractivity contribution in [2.45, 2.75) is 25.9 Å². The highest BCUT2D eigenvalue weighted by atomic mass is 32.1. The molecule has 1 aliphatic rings. The average molecular weight is 255 g/mol. The Bertz CT molecular complexity index is 376. The summed E-state index contributed by atoms with van der Waals surface area (Å²) in [5, 5.41) is 8.43. The molecule has 6 heteroatoms. The minimum Gasteiger partial charge on any atom is -0.377 e. The van der Waals surface area contributed by atoms with Gasteiger partial charge in [-0.1, -0.05) is 4.49 Å². The van der Waals surface area contributed by atoms with Crippen molar-refractivity contribution in [2.75, 3.05) is 39.0 Å². The first kappa shape index (κ1) is 12.7. The van der Waals surface area contributed by atoms with Gasteiger partial charge in [0.15, 0.2) is 0 Å². The molecule has 1 aromatic rings. The van der Waals surface area contributed by atoms with Crippen molar-refractivity contribution >= 4 is 16.5 Å². The van der Waals surface area contributed by atoms with Crippen molar-refractivity contribution in [1.82, 2.24) is 19.4 Å². The van der Waals surface area contributed by atoms with Crippen molar-refractivity contribution in [3.63, 3.8) is 0 Å². The summed E-state index contributed by atoms with van der Waals surface area (Å²) in [5.74, 6) is 0. The summed E-state index contributed by atoms with van der Waals surface area (Å²) in [7, 11) is 4.12. The highest BCUT2D eigenvalue weighted by molar-refractivity contribution is 7.10. The van der Waals surface area contributed by atoms with Crippen LogP contribution in [0.15, 0.2) is 0 Å². The van der Waals surface area contributed by atoms with Crippen molar-refractivity contribution in [2.24, 2.45) is 0 Å². The third-order valence-corrected chi connectivity index (χ3v) is 4.34.